The third kappa shape index (κ3) is 1.63. The molecule has 2 nitrogen and oxygen atoms in total. The summed E-state index contributed by atoms with van der Waals surface area (Å²) in [5.41, 5.74) is 1.16. The number of nitrogens with zero attached hydrogens (tertiary/aromatic N) is 1. The number of hydrogen-bond donors (Lipinski definition) is 0. The Morgan fingerprint density at radius 3 is 3.25 bits per heavy atom. The summed E-state index contributed by atoms with van der Waals surface area (Å²) in [5, 5.41) is 3.11. The fourth-order valence-corrected chi connectivity index (χ4v) is 2.31. The van der Waals surface area contributed by atoms with Crippen LogP contribution < -0.4 is 0 Å². The van der Waals surface area contributed by atoms with Crippen LogP contribution in [0.15, 0.2) is 5.38 Å². The Kier molecular flexibility index (Phi) is 2.63. The van der Waals surface area contributed by atoms with Crippen LogP contribution in [-0.4, -0.2) is 18.2 Å². The molecule has 1 aromatic heterocycles. The minimum absolute atomic E-state index is 0.512. The van der Waals surface area contributed by atoms with Crippen molar-refractivity contribution in [2.45, 2.75) is 18.2 Å². The Bertz CT molecular complexity index is 257. The molecule has 0 saturated carbocycles. The summed E-state index contributed by atoms with van der Waals surface area (Å²) < 4.78 is 5.29. The molecule has 1 unspecified atom stereocenters. The first-order valence-corrected chi connectivity index (χ1v) is 5.39. The largest absolute Gasteiger partial charge is 0.381 e. The molecule has 66 valence electrons. The highest BCUT2D eigenvalue weighted by Gasteiger charge is 2.19. The SMILES string of the molecule is ClCc1nc(C2CCOC2)cs1. The van der Waals surface area contributed by atoms with Crippen molar-refractivity contribution >= 4 is 22.9 Å². The van der Waals surface area contributed by atoms with Crippen molar-refractivity contribution in [2.24, 2.45) is 0 Å². The third-order valence-electron chi connectivity index (χ3n) is 2.03. The lowest BCUT2D eigenvalue weighted by atomic mass is 10.1. The van der Waals surface area contributed by atoms with Crippen molar-refractivity contribution in [3.63, 3.8) is 0 Å². The van der Waals surface area contributed by atoms with Crippen LogP contribution in [0, 0.1) is 0 Å². The molecular weight excluding hydrogens is 194 g/mol. The van der Waals surface area contributed by atoms with Crippen LogP contribution in [0.4, 0.5) is 0 Å². The summed E-state index contributed by atoms with van der Waals surface area (Å²) in [6.45, 7) is 1.70. The standard InChI is InChI=1S/C8H10ClNOS/c9-3-8-10-7(5-12-8)6-1-2-11-4-6/h5-6H,1-4H2. The average Bonchev–Trinajstić information content (AvgIpc) is 2.75. The molecule has 1 aliphatic rings. The van der Waals surface area contributed by atoms with E-state index in [2.05, 4.69) is 10.4 Å². The van der Waals surface area contributed by atoms with Crippen molar-refractivity contribution in [1.29, 1.82) is 0 Å². The van der Waals surface area contributed by atoms with E-state index in [1.807, 2.05) is 0 Å². The van der Waals surface area contributed by atoms with Crippen molar-refractivity contribution < 1.29 is 4.74 Å². The molecule has 1 fully saturated rings. The zero-order chi connectivity index (χ0) is 8.39. The van der Waals surface area contributed by atoms with Crippen LogP contribution >= 0.6 is 22.9 Å². The van der Waals surface area contributed by atoms with Crippen LogP contribution in [0.5, 0.6) is 0 Å². The van der Waals surface area contributed by atoms with Crippen molar-refractivity contribution in [3.05, 3.63) is 16.1 Å². The van der Waals surface area contributed by atoms with E-state index in [0.29, 0.717) is 11.8 Å². The van der Waals surface area contributed by atoms with Gasteiger partial charge in [-0.15, -0.1) is 22.9 Å². The summed E-state index contributed by atoms with van der Waals surface area (Å²) in [6, 6.07) is 0. The van der Waals surface area contributed by atoms with E-state index < -0.39 is 0 Å². The zero-order valence-corrected chi connectivity index (χ0v) is 8.20. The lowest BCUT2D eigenvalue weighted by Gasteiger charge is -2.00. The Hall–Kier alpha value is -0.120. The maximum absolute atomic E-state index is 5.66. The highest BCUT2D eigenvalue weighted by Crippen LogP contribution is 2.26. The number of rotatable bonds is 2. The Morgan fingerprint density at radius 1 is 1.75 bits per heavy atom. The molecule has 0 spiro atoms. The average molecular weight is 204 g/mol. The molecule has 2 heterocycles. The van der Waals surface area contributed by atoms with Gasteiger partial charge in [-0.3, -0.25) is 0 Å². The normalized spacial score (nSPS) is 23.2. The van der Waals surface area contributed by atoms with Gasteiger partial charge in [-0.2, -0.15) is 0 Å². The predicted molar refractivity (Wildman–Crippen MR) is 49.8 cm³/mol. The summed E-state index contributed by atoms with van der Waals surface area (Å²) in [6.07, 6.45) is 1.10. The second kappa shape index (κ2) is 3.73. The molecule has 0 aromatic carbocycles. The van der Waals surface area contributed by atoms with Crippen LogP contribution in [-0.2, 0) is 10.6 Å². The molecule has 1 saturated heterocycles. The van der Waals surface area contributed by atoms with E-state index >= 15 is 0 Å². The first-order chi connectivity index (χ1) is 5.90. The lowest BCUT2D eigenvalue weighted by molar-refractivity contribution is 0.193. The van der Waals surface area contributed by atoms with Crippen molar-refractivity contribution in [3.8, 4) is 0 Å². The zero-order valence-electron chi connectivity index (χ0n) is 6.62. The molecule has 0 amide bonds. The van der Waals surface area contributed by atoms with Gasteiger partial charge in [-0.1, -0.05) is 0 Å². The van der Waals surface area contributed by atoms with Crippen molar-refractivity contribution in [1.82, 2.24) is 4.98 Å². The van der Waals surface area contributed by atoms with E-state index in [0.717, 1.165) is 30.3 Å². The van der Waals surface area contributed by atoms with E-state index in [4.69, 9.17) is 16.3 Å². The van der Waals surface area contributed by atoms with Crippen LogP contribution in [0.2, 0.25) is 0 Å². The number of aromatic nitrogens is 1. The Labute approximate surface area is 80.5 Å². The molecule has 0 aliphatic carbocycles. The minimum Gasteiger partial charge on any atom is -0.381 e. The van der Waals surface area contributed by atoms with Crippen LogP contribution in [0.1, 0.15) is 23.0 Å². The van der Waals surface area contributed by atoms with Gasteiger partial charge in [-0.25, -0.2) is 4.98 Å². The van der Waals surface area contributed by atoms with E-state index in [9.17, 15) is 0 Å². The molecule has 1 aliphatic heterocycles. The molecule has 4 heteroatoms. The molecule has 12 heavy (non-hydrogen) atoms. The number of hydrogen-bond acceptors (Lipinski definition) is 3. The quantitative estimate of drug-likeness (QED) is 0.689. The molecule has 0 N–H and O–H groups in total. The summed E-state index contributed by atoms with van der Waals surface area (Å²) in [4.78, 5) is 4.42. The van der Waals surface area contributed by atoms with E-state index in [-0.39, 0.29) is 0 Å². The summed E-state index contributed by atoms with van der Waals surface area (Å²) >= 11 is 7.30. The molecule has 0 bridgehead atoms. The van der Waals surface area contributed by atoms with Crippen LogP contribution in [0.3, 0.4) is 0 Å². The molecule has 0 radical (unpaired) electrons. The Morgan fingerprint density at radius 2 is 2.67 bits per heavy atom. The topological polar surface area (TPSA) is 22.1 Å². The fraction of sp³-hybridized carbons (Fsp3) is 0.625. The van der Waals surface area contributed by atoms with Crippen molar-refractivity contribution in [2.75, 3.05) is 13.2 Å². The number of thiazole rings is 1. The maximum Gasteiger partial charge on any atom is 0.108 e. The number of halogens is 1. The number of ether oxygens (including phenoxy) is 1. The lowest BCUT2D eigenvalue weighted by Crippen LogP contribution is -1.97. The van der Waals surface area contributed by atoms with Gasteiger partial charge in [0.1, 0.15) is 5.01 Å². The molecule has 1 aromatic rings. The van der Waals surface area contributed by atoms with Gasteiger partial charge in [0, 0.05) is 17.9 Å². The van der Waals surface area contributed by atoms with E-state index in [1.165, 1.54) is 0 Å². The smallest absolute Gasteiger partial charge is 0.108 e. The van der Waals surface area contributed by atoms with Gasteiger partial charge in [0.05, 0.1) is 18.2 Å². The maximum atomic E-state index is 5.66. The predicted octanol–water partition coefficient (Wildman–Crippen LogP) is 2.39. The third-order valence-corrected chi connectivity index (χ3v) is 3.31. The fourth-order valence-electron chi connectivity index (χ4n) is 1.34. The molecular formula is C8H10ClNOS. The van der Waals surface area contributed by atoms with Gasteiger partial charge in [-0.05, 0) is 6.42 Å². The highest BCUT2D eigenvalue weighted by molar-refractivity contribution is 7.09. The second-order valence-electron chi connectivity index (χ2n) is 2.86. The van der Waals surface area contributed by atoms with Gasteiger partial charge in [0.25, 0.3) is 0 Å². The first-order valence-electron chi connectivity index (χ1n) is 3.98. The summed E-state index contributed by atoms with van der Waals surface area (Å²) in [5.74, 6) is 1.04. The Balaban J connectivity index is 2.11. The van der Waals surface area contributed by atoms with E-state index in [1.54, 1.807) is 11.3 Å². The van der Waals surface area contributed by atoms with Gasteiger partial charge in [0.2, 0.25) is 0 Å². The monoisotopic (exact) mass is 203 g/mol. The highest BCUT2D eigenvalue weighted by atomic mass is 35.5. The van der Waals surface area contributed by atoms with Gasteiger partial charge < -0.3 is 4.74 Å². The van der Waals surface area contributed by atoms with Gasteiger partial charge in [0.15, 0.2) is 0 Å². The van der Waals surface area contributed by atoms with Gasteiger partial charge >= 0.3 is 0 Å². The summed E-state index contributed by atoms with van der Waals surface area (Å²) in [7, 11) is 0. The van der Waals surface area contributed by atoms with Crippen LogP contribution in [0.25, 0.3) is 0 Å². The minimum atomic E-state index is 0.512. The number of alkyl halides is 1. The first kappa shape index (κ1) is 8.48. The molecule has 2 rings (SSSR count). The molecule has 1 atom stereocenters. The second-order valence-corrected chi connectivity index (χ2v) is 4.07.